The smallest absolute Gasteiger partial charge is 0.343 e. The molecule has 2 aromatic heterocycles. The van der Waals surface area contributed by atoms with Gasteiger partial charge >= 0.3 is 5.97 Å². The highest BCUT2D eigenvalue weighted by Gasteiger charge is 2.23. The summed E-state index contributed by atoms with van der Waals surface area (Å²) in [7, 11) is -3.97. The van der Waals surface area contributed by atoms with E-state index in [1.54, 1.807) is 17.6 Å². The van der Waals surface area contributed by atoms with Crippen molar-refractivity contribution in [3.05, 3.63) is 116 Å². The average Bonchev–Trinajstić information content (AvgIpc) is 3.36. The van der Waals surface area contributed by atoms with Gasteiger partial charge in [0.25, 0.3) is 0 Å². The highest BCUT2D eigenvalue weighted by atomic mass is 35.5. The zero-order valence-electron chi connectivity index (χ0n) is 21.6. The molecule has 0 aliphatic heterocycles. The second-order valence-corrected chi connectivity index (χ2v) is 12.6. The van der Waals surface area contributed by atoms with E-state index in [0.717, 1.165) is 28.0 Å². The number of aromatic nitrogens is 2. The lowest BCUT2D eigenvalue weighted by atomic mass is 9.99. The van der Waals surface area contributed by atoms with Crippen LogP contribution in [0.1, 0.15) is 28.4 Å². The summed E-state index contributed by atoms with van der Waals surface area (Å²) in [6.45, 7) is 2.01. The molecule has 0 atom stereocenters. The number of ether oxygens (including phenoxy) is 1. The minimum Gasteiger partial charge on any atom is -0.462 e. The number of esters is 1. The van der Waals surface area contributed by atoms with Gasteiger partial charge in [-0.2, -0.15) is 0 Å². The molecular formula is C29H23Cl2N3O5S2. The van der Waals surface area contributed by atoms with E-state index in [1.165, 1.54) is 18.3 Å². The second-order valence-electron chi connectivity index (χ2n) is 9.01. The Kier molecular flexibility index (Phi) is 8.46. The van der Waals surface area contributed by atoms with Gasteiger partial charge in [0.15, 0.2) is 5.13 Å². The quantitative estimate of drug-likeness (QED) is 0.185. The first-order valence-electron chi connectivity index (χ1n) is 12.4. The van der Waals surface area contributed by atoms with E-state index in [4.69, 9.17) is 27.9 Å². The lowest BCUT2D eigenvalue weighted by Crippen LogP contribution is -2.21. The van der Waals surface area contributed by atoms with Crippen molar-refractivity contribution in [3.63, 3.8) is 0 Å². The predicted molar refractivity (Wildman–Crippen MR) is 164 cm³/mol. The number of halogens is 2. The first-order chi connectivity index (χ1) is 19.6. The SMILES string of the molecule is CCOC(=O)c1cn(Cc2ccccc2-c2ccccc2)c2sc(NS(=O)(=O)Cc3ccc(Cl)cc3Cl)nc2c1=O. The van der Waals surface area contributed by atoms with E-state index in [9.17, 15) is 18.0 Å². The standard InChI is InChI=1S/C29H23Cl2N3O5S2/c1-2-39-28(36)23-16-34(15-19-10-6-7-11-22(19)18-8-4-3-5-9-18)27-25(26(23)35)32-29(40-27)33-41(37,38)17-20-12-13-21(30)14-24(20)31/h3-14,16H,2,15,17H2,1H3,(H,32,33). The Morgan fingerprint density at radius 3 is 2.49 bits per heavy atom. The van der Waals surface area contributed by atoms with Gasteiger partial charge in [0.05, 0.1) is 12.4 Å². The van der Waals surface area contributed by atoms with Crippen LogP contribution in [0.25, 0.3) is 21.5 Å². The maximum Gasteiger partial charge on any atom is 0.343 e. The van der Waals surface area contributed by atoms with Gasteiger partial charge in [-0.1, -0.05) is 95.2 Å². The normalized spacial score (nSPS) is 11.5. The fraction of sp³-hybridized carbons (Fsp3) is 0.138. The average molecular weight is 629 g/mol. The van der Waals surface area contributed by atoms with Gasteiger partial charge in [-0.25, -0.2) is 18.2 Å². The molecular weight excluding hydrogens is 605 g/mol. The van der Waals surface area contributed by atoms with E-state index < -0.39 is 27.2 Å². The lowest BCUT2D eigenvalue weighted by Gasteiger charge is -2.14. The third-order valence-electron chi connectivity index (χ3n) is 6.16. The molecule has 0 unspecified atom stereocenters. The fourth-order valence-corrected chi connectivity index (χ4v) is 7.26. The Labute approximate surface area is 250 Å². The van der Waals surface area contributed by atoms with Crippen molar-refractivity contribution in [1.29, 1.82) is 0 Å². The Bertz CT molecular complexity index is 1920. The number of rotatable bonds is 9. The number of anilines is 1. The molecule has 0 fully saturated rings. The van der Waals surface area contributed by atoms with Crippen LogP contribution < -0.4 is 10.2 Å². The van der Waals surface area contributed by atoms with Gasteiger partial charge in [-0.15, -0.1) is 0 Å². The molecule has 0 aliphatic rings. The number of sulfonamides is 1. The number of hydrogen-bond acceptors (Lipinski definition) is 7. The number of benzene rings is 3. The molecule has 0 saturated heterocycles. The molecule has 3 aromatic carbocycles. The summed E-state index contributed by atoms with van der Waals surface area (Å²) in [6.07, 6.45) is 1.44. The van der Waals surface area contributed by atoms with Crippen LogP contribution in [-0.4, -0.2) is 30.5 Å². The molecule has 1 N–H and O–H groups in total. The maximum absolute atomic E-state index is 13.3. The number of hydrogen-bond donors (Lipinski definition) is 1. The van der Waals surface area contributed by atoms with Crippen LogP contribution in [0.5, 0.6) is 0 Å². The molecule has 12 heteroatoms. The number of nitrogens with one attached hydrogen (secondary N) is 1. The summed E-state index contributed by atoms with van der Waals surface area (Å²) >= 11 is 13.1. The predicted octanol–water partition coefficient (Wildman–Crippen LogP) is 6.60. The summed E-state index contributed by atoms with van der Waals surface area (Å²) in [5, 5.41) is 0.574. The summed E-state index contributed by atoms with van der Waals surface area (Å²) in [5.41, 5.74) is 2.38. The van der Waals surface area contributed by atoms with Gasteiger partial charge < -0.3 is 9.30 Å². The maximum atomic E-state index is 13.3. The Morgan fingerprint density at radius 1 is 1.02 bits per heavy atom. The van der Waals surface area contributed by atoms with Crippen LogP contribution in [0.3, 0.4) is 0 Å². The topological polar surface area (TPSA) is 107 Å². The van der Waals surface area contributed by atoms with E-state index in [2.05, 4.69) is 9.71 Å². The van der Waals surface area contributed by atoms with Crippen LogP contribution >= 0.6 is 34.5 Å². The van der Waals surface area contributed by atoms with Crippen molar-refractivity contribution in [2.75, 3.05) is 11.3 Å². The number of fused-ring (bicyclic) bond motifs is 1. The van der Waals surface area contributed by atoms with E-state index >= 15 is 0 Å². The fourth-order valence-electron chi connectivity index (χ4n) is 4.32. The number of carbonyl (C=O) groups is 1. The van der Waals surface area contributed by atoms with Crippen LogP contribution in [0.2, 0.25) is 10.0 Å². The van der Waals surface area contributed by atoms with Crippen LogP contribution in [0.15, 0.2) is 83.8 Å². The van der Waals surface area contributed by atoms with Gasteiger partial charge in [0.2, 0.25) is 15.5 Å². The van der Waals surface area contributed by atoms with E-state index in [-0.39, 0.29) is 34.4 Å². The Hall–Kier alpha value is -3.70. The number of nitrogens with zero attached hydrogens (tertiary/aromatic N) is 2. The third kappa shape index (κ3) is 6.46. The van der Waals surface area contributed by atoms with Crippen LogP contribution in [-0.2, 0) is 27.1 Å². The summed E-state index contributed by atoms with van der Waals surface area (Å²) in [5.74, 6) is -1.21. The molecule has 0 radical (unpaired) electrons. The van der Waals surface area contributed by atoms with Gasteiger partial charge in [-0.3, -0.25) is 9.52 Å². The Balaban J connectivity index is 1.57. The van der Waals surface area contributed by atoms with Gasteiger partial charge in [-0.05, 0) is 41.3 Å². The molecule has 210 valence electrons. The minimum atomic E-state index is -3.97. The van der Waals surface area contributed by atoms with Crippen molar-refractivity contribution >= 4 is 66.0 Å². The number of pyridine rings is 1. The molecule has 41 heavy (non-hydrogen) atoms. The zero-order valence-corrected chi connectivity index (χ0v) is 24.8. The summed E-state index contributed by atoms with van der Waals surface area (Å²) in [6, 6.07) is 22.1. The molecule has 0 spiro atoms. The van der Waals surface area contributed by atoms with Crippen molar-refractivity contribution in [2.24, 2.45) is 0 Å². The molecule has 0 amide bonds. The summed E-state index contributed by atoms with van der Waals surface area (Å²) < 4.78 is 35.3. The highest BCUT2D eigenvalue weighted by Crippen LogP contribution is 2.30. The molecule has 2 heterocycles. The molecule has 5 rings (SSSR count). The number of thiazole rings is 1. The first kappa shape index (κ1) is 28.8. The zero-order chi connectivity index (χ0) is 29.1. The van der Waals surface area contributed by atoms with Gasteiger partial charge in [0, 0.05) is 22.8 Å². The molecule has 0 aliphatic carbocycles. The van der Waals surface area contributed by atoms with Crippen LogP contribution in [0, 0.1) is 0 Å². The van der Waals surface area contributed by atoms with E-state index in [0.29, 0.717) is 15.4 Å². The van der Waals surface area contributed by atoms with Crippen molar-refractivity contribution in [2.45, 2.75) is 19.2 Å². The van der Waals surface area contributed by atoms with Crippen molar-refractivity contribution in [3.8, 4) is 11.1 Å². The summed E-state index contributed by atoms with van der Waals surface area (Å²) in [4.78, 5) is 30.7. The molecule has 0 bridgehead atoms. The second kappa shape index (κ2) is 12.0. The molecule has 5 aromatic rings. The van der Waals surface area contributed by atoms with Gasteiger partial charge in [0.1, 0.15) is 15.9 Å². The largest absolute Gasteiger partial charge is 0.462 e. The Morgan fingerprint density at radius 2 is 1.76 bits per heavy atom. The monoisotopic (exact) mass is 627 g/mol. The number of carbonyl (C=O) groups excluding carboxylic acids is 1. The molecule has 0 saturated carbocycles. The third-order valence-corrected chi connectivity index (χ3v) is 9.08. The van der Waals surface area contributed by atoms with Crippen molar-refractivity contribution in [1.82, 2.24) is 9.55 Å². The molecule has 8 nitrogen and oxygen atoms in total. The first-order valence-corrected chi connectivity index (χ1v) is 15.7. The van der Waals surface area contributed by atoms with Crippen LogP contribution in [0.4, 0.5) is 5.13 Å². The highest BCUT2D eigenvalue weighted by molar-refractivity contribution is 7.92. The van der Waals surface area contributed by atoms with Crippen molar-refractivity contribution < 1.29 is 17.9 Å². The lowest BCUT2D eigenvalue weighted by molar-refractivity contribution is 0.0524. The van der Waals surface area contributed by atoms with E-state index in [1.807, 2.05) is 54.6 Å². The minimum absolute atomic E-state index is 0.0201.